The Morgan fingerprint density at radius 1 is 0.762 bits per heavy atom. The zero-order valence-electron chi connectivity index (χ0n) is 12.2. The molecule has 0 N–H and O–H groups in total. The van der Waals surface area contributed by atoms with E-state index in [4.69, 9.17) is 4.74 Å². The Morgan fingerprint density at radius 2 is 1.29 bits per heavy atom. The largest absolute Gasteiger partial charge is 0.372 e. The minimum atomic E-state index is 0.353. The summed E-state index contributed by atoms with van der Waals surface area (Å²) in [7, 11) is 0. The third kappa shape index (κ3) is 2.87. The Hall–Kier alpha value is -1.64. The number of likely N-dealkylation sites (tertiary alicyclic amines) is 1. The summed E-state index contributed by atoms with van der Waals surface area (Å²) in [5.41, 5.74) is 2.74. The molecule has 108 valence electrons. The maximum absolute atomic E-state index is 6.01. The third-order valence-electron chi connectivity index (χ3n) is 4.38. The number of hydrogen-bond donors (Lipinski definition) is 0. The monoisotopic (exact) mass is 279 g/mol. The Balaban J connectivity index is 1.53. The first-order valence-electron chi connectivity index (χ1n) is 7.89. The molecular weight excluding hydrogens is 258 g/mol. The van der Waals surface area contributed by atoms with Gasteiger partial charge in [-0.2, -0.15) is 0 Å². The lowest BCUT2D eigenvalue weighted by Gasteiger charge is -2.44. The SMILES string of the molecule is c1ccc(C(c2ccccc2)N2CC(OC3CC3)C2)cc1. The average molecular weight is 279 g/mol. The highest BCUT2D eigenvalue weighted by atomic mass is 16.5. The van der Waals surface area contributed by atoms with Crippen molar-refractivity contribution in [2.45, 2.75) is 31.1 Å². The lowest BCUT2D eigenvalue weighted by atomic mass is 9.94. The molecule has 1 heterocycles. The molecule has 2 heteroatoms. The molecule has 4 rings (SSSR count). The fourth-order valence-corrected chi connectivity index (χ4v) is 3.13. The summed E-state index contributed by atoms with van der Waals surface area (Å²) in [5.74, 6) is 0. The van der Waals surface area contributed by atoms with E-state index < -0.39 is 0 Å². The van der Waals surface area contributed by atoms with E-state index in [0.29, 0.717) is 18.2 Å². The maximum atomic E-state index is 6.01. The van der Waals surface area contributed by atoms with Gasteiger partial charge >= 0.3 is 0 Å². The maximum Gasteiger partial charge on any atom is 0.0833 e. The molecule has 0 unspecified atom stereocenters. The second kappa shape index (κ2) is 5.63. The summed E-state index contributed by atoms with van der Waals surface area (Å²) in [6, 6.07) is 21.9. The molecule has 1 aliphatic heterocycles. The van der Waals surface area contributed by atoms with Crippen LogP contribution in [0, 0.1) is 0 Å². The van der Waals surface area contributed by atoms with Gasteiger partial charge in [0, 0.05) is 13.1 Å². The van der Waals surface area contributed by atoms with E-state index in [1.807, 2.05) is 0 Å². The van der Waals surface area contributed by atoms with Gasteiger partial charge in [-0.3, -0.25) is 4.90 Å². The number of ether oxygens (including phenoxy) is 1. The van der Waals surface area contributed by atoms with Gasteiger partial charge in [-0.15, -0.1) is 0 Å². The molecule has 2 nitrogen and oxygen atoms in total. The van der Waals surface area contributed by atoms with Crippen molar-refractivity contribution in [1.29, 1.82) is 0 Å². The normalized spacial score (nSPS) is 19.7. The topological polar surface area (TPSA) is 12.5 Å². The van der Waals surface area contributed by atoms with Gasteiger partial charge in [0.25, 0.3) is 0 Å². The highest BCUT2D eigenvalue weighted by molar-refractivity contribution is 5.32. The Kier molecular flexibility index (Phi) is 3.50. The Bertz CT molecular complexity index is 534. The van der Waals surface area contributed by atoms with Crippen molar-refractivity contribution >= 4 is 0 Å². The first kappa shape index (κ1) is 13.1. The van der Waals surface area contributed by atoms with E-state index in [-0.39, 0.29) is 0 Å². The molecule has 0 aromatic heterocycles. The molecule has 0 radical (unpaired) electrons. The predicted molar refractivity (Wildman–Crippen MR) is 84.2 cm³/mol. The Labute approximate surface area is 126 Å². The lowest BCUT2D eigenvalue weighted by molar-refractivity contribution is -0.0740. The minimum absolute atomic E-state index is 0.353. The van der Waals surface area contributed by atoms with Crippen LogP contribution < -0.4 is 0 Å². The van der Waals surface area contributed by atoms with Gasteiger partial charge in [-0.25, -0.2) is 0 Å². The van der Waals surface area contributed by atoms with Crippen molar-refractivity contribution in [1.82, 2.24) is 4.90 Å². The second-order valence-corrected chi connectivity index (χ2v) is 6.14. The Morgan fingerprint density at radius 3 is 1.76 bits per heavy atom. The molecule has 2 aromatic carbocycles. The quantitative estimate of drug-likeness (QED) is 0.828. The number of nitrogens with zero attached hydrogens (tertiary/aromatic N) is 1. The first-order chi connectivity index (χ1) is 10.4. The van der Waals surface area contributed by atoms with Crippen LogP contribution in [0.3, 0.4) is 0 Å². The fourth-order valence-electron chi connectivity index (χ4n) is 3.13. The van der Waals surface area contributed by atoms with E-state index >= 15 is 0 Å². The zero-order valence-corrected chi connectivity index (χ0v) is 12.2. The van der Waals surface area contributed by atoms with Gasteiger partial charge in [-0.1, -0.05) is 60.7 Å². The molecule has 1 saturated carbocycles. The molecule has 1 aliphatic carbocycles. The van der Waals surface area contributed by atoms with E-state index in [9.17, 15) is 0 Å². The molecule has 0 atom stereocenters. The van der Waals surface area contributed by atoms with Crippen LogP contribution in [0.5, 0.6) is 0 Å². The van der Waals surface area contributed by atoms with Crippen LogP contribution in [0.4, 0.5) is 0 Å². The van der Waals surface area contributed by atoms with Crippen LogP contribution in [-0.2, 0) is 4.74 Å². The fraction of sp³-hybridized carbons (Fsp3) is 0.368. The summed E-state index contributed by atoms with van der Waals surface area (Å²) >= 11 is 0. The van der Waals surface area contributed by atoms with Crippen molar-refractivity contribution in [2.75, 3.05) is 13.1 Å². The molecule has 0 spiro atoms. The second-order valence-electron chi connectivity index (χ2n) is 6.14. The van der Waals surface area contributed by atoms with Crippen LogP contribution in [0.15, 0.2) is 60.7 Å². The summed E-state index contributed by atoms with van der Waals surface area (Å²) < 4.78 is 6.01. The molecule has 2 aromatic rings. The van der Waals surface area contributed by atoms with Gasteiger partial charge in [0.2, 0.25) is 0 Å². The van der Waals surface area contributed by atoms with Crippen LogP contribution >= 0.6 is 0 Å². The van der Waals surface area contributed by atoms with Gasteiger partial charge in [0.05, 0.1) is 18.2 Å². The molecule has 21 heavy (non-hydrogen) atoms. The van der Waals surface area contributed by atoms with Gasteiger partial charge in [-0.05, 0) is 24.0 Å². The zero-order chi connectivity index (χ0) is 14.1. The van der Waals surface area contributed by atoms with E-state index in [1.165, 1.54) is 24.0 Å². The molecular formula is C19H21NO. The van der Waals surface area contributed by atoms with Gasteiger partial charge in [0.1, 0.15) is 0 Å². The summed E-state index contributed by atoms with van der Waals surface area (Å²) in [5, 5.41) is 0. The predicted octanol–water partition coefficient (Wildman–Crippen LogP) is 3.64. The molecule has 2 fully saturated rings. The summed E-state index contributed by atoms with van der Waals surface area (Å²) in [4.78, 5) is 2.53. The standard InChI is InChI=1S/C19H21NO/c1-3-7-15(8-4-1)19(16-9-5-2-6-10-16)20-13-18(14-20)21-17-11-12-17/h1-10,17-19H,11-14H2. The van der Waals surface area contributed by atoms with Gasteiger partial charge in [0.15, 0.2) is 0 Å². The third-order valence-corrected chi connectivity index (χ3v) is 4.38. The molecule has 0 amide bonds. The lowest BCUT2D eigenvalue weighted by Crippen LogP contribution is -2.53. The smallest absolute Gasteiger partial charge is 0.0833 e. The van der Waals surface area contributed by atoms with Crippen LogP contribution in [0.2, 0.25) is 0 Å². The molecule has 0 bridgehead atoms. The average Bonchev–Trinajstić information content (AvgIpc) is 3.31. The van der Waals surface area contributed by atoms with Crippen LogP contribution in [-0.4, -0.2) is 30.2 Å². The summed E-state index contributed by atoms with van der Waals surface area (Å²) in [6.07, 6.45) is 3.52. The highest BCUT2D eigenvalue weighted by Crippen LogP contribution is 2.35. The van der Waals surface area contributed by atoms with Crippen molar-refractivity contribution in [3.05, 3.63) is 71.8 Å². The minimum Gasteiger partial charge on any atom is -0.372 e. The number of hydrogen-bond acceptors (Lipinski definition) is 2. The number of rotatable bonds is 5. The van der Waals surface area contributed by atoms with Gasteiger partial charge < -0.3 is 4.74 Å². The number of benzene rings is 2. The van der Waals surface area contributed by atoms with Crippen molar-refractivity contribution in [2.24, 2.45) is 0 Å². The van der Waals surface area contributed by atoms with E-state index in [1.54, 1.807) is 0 Å². The van der Waals surface area contributed by atoms with E-state index in [0.717, 1.165) is 13.1 Å². The van der Waals surface area contributed by atoms with Crippen molar-refractivity contribution in [3.8, 4) is 0 Å². The highest BCUT2D eigenvalue weighted by Gasteiger charge is 2.37. The van der Waals surface area contributed by atoms with Crippen molar-refractivity contribution in [3.63, 3.8) is 0 Å². The van der Waals surface area contributed by atoms with E-state index in [2.05, 4.69) is 65.6 Å². The first-order valence-corrected chi connectivity index (χ1v) is 7.89. The molecule has 1 saturated heterocycles. The van der Waals surface area contributed by atoms with Crippen LogP contribution in [0.1, 0.15) is 30.0 Å². The molecule has 2 aliphatic rings. The van der Waals surface area contributed by atoms with Crippen molar-refractivity contribution < 1.29 is 4.74 Å². The summed E-state index contributed by atoms with van der Waals surface area (Å²) in [6.45, 7) is 2.09. The van der Waals surface area contributed by atoms with Crippen LogP contribution in [0.25, 0.3) is 0 Å².